The summed E-state index contributed by atoms with van der Waals surface area (Å²) in [5, 5.41) is 0. The van der Waals surface area contributed by atoms with E-state index in [0.29, 0.717) is 0 Å². The fourth-order valence-electron chi connectivity index (χ4n) is 1.11. The molecule has 15 heavy (non-hydrogen) atoms. The van der Waals surface area contributed by atoms with Crippen molar-refractivity contribution in [1.82, 2.24) is 0 Å². The Kier molecular flexibility index (Phi) is 3.39. The summed E-state index contributed by atoms with van der Waals surface area (Å²) in [6.45, 7) is 3.65. The van der Waals surface area contributed by atoms with Gasteiger partial charge in [-0.05, 0) is 37.1 Å². The van der Waals surface area contributed by atoms with Gasteiger partial charge in [-0.15, -0.1) is 13.2 Å². The predicted octanol–water partition coefficient (Wildman–Crippen LogP) is 4.01. The van der Waals surface area contributed by atoms with Crippen LogP contribution in [0.5, 0.6) is 5.75 Å². The molecule has 1 rings (SSSR count). The van der Waals surface area contributed by atoms with Crippen LogP contribution in [-0.2, 0) is 0 Å². The van der Waals surface area contributed by atoms with Crippen molar-refractivity contribution in [2.24, 2.45) is 0 Å². The second kappa shape index (κ2) is 4.38. The molecule has 0 saturated carbocycles. The van der Waals surface area contributed by atoms with Crippen LogP contribution in [0.15, 0.2) is 30.3 Å². The molecule has 0 N–H and O–H groups in total. The van der Waals surface area contributed by atoms with Crippen LogP contribution in [-0.4, -0.2) is 6.36 Å². The molecule has 0 aliphatic carbocycles. The van der Waals surface area contributed by atoms with Crippen LogP contribution in [0.2, 0.25) is 0 Å². The minimum Gasteiger partial charge on any atom is -0.406 e. The number of hydrogen-bond acceptors (Lipinski definition) is 1. The van der Waals surface area contributed by atoms with Gasteiger partial charge in [0.05, 0.1) is 0 Å². The molecule has 0 spiro atoms. The van der Waals surface area contributed by atoms with Gasteiger partial charge in [-0.25, -0.2) is 0 Å². The molecule has 1 aromatic rings. The summed E-state index contributed by atoms with van der Waals surface area (Å²) < 4.78 is 39.6. The highest BCUT2D eigenvalue weighted by molar-refractivity contribution is 5.64. The predicted molar refractivity (Wildman–Crippen MR) is 52.5 cm³/mol. The summed E-state index contributed by atoms with van der Waals surface area (Å²) in [7, 11) is 0. The number of hydrogen-bond donors (Lipinski definition) is 0. The molecule has 0 aromatic heterocycles. The first-order valence-corrected chi connectivity index (χ1v) is 4.41. The Labute approximate surface area is 86.2 Å². The Morgan fingerprint density at radius 3 is 2.53 bits per heavy atom. The number of alkyl halides is 3. The maximum atomic E-state index is 11.9. The Bertz CT molecular complexity index is 366. The van der Waals surface area contributed by atoms with E-state index in [4.69, 9.17) is 0 Å². The summed E-state index contributed by atoms with van der Waals surface area (Å²) in [4.78, 5) is 0. The first-order valence-electron chi connectivity index (χ1n) is 4.41. The lowest BCUT2D eigenvalue weighted by atomic mass is 10.1. The highest BCUT2D eigenvalue weighted by atomic mass is 19.4. The van der Waals surface area contributed by atoms with Crippen LogP contribution in [0.1, 0.15) is 19.4 Å². The van der Waals surface area contributed by atoms with Gasteiger partial charge < -0.3 is 4.74 Å². The van der Waals surface area contributed by atoms with Gasteiger partial charge in [0.2, 0.25) is 0 Å². The normalized spacial score (nSPS) is 12.7. The number of benzene rings is 1. The molecule has 1 aromatic carbocycles. The topological polar surface area (TPSA) is 9.23 Å². The third-order valence-corrected chi connectivity index (χ3v) is 1.96. The van der Waals surface area contributed by atoms with Gasteiger partial charge in [-0.3, -0.25) is 0 Å². The van der Waals surface area contributed by atoms with Gasteiger partial charge in [0.25, 0.3) is 0 Å². The van der Waals surface area contributed by atoms with E-state index in [1.807, 2.05) is 19.9 Å². The van der Waals surface area contributed by atoms with Gasteiger partial charge in [-0.1, -0.05) is 18.2 Å². The minimum absolute atomic E-state index is 0.193. The van der Waals surface area contributed by atoms with Crippen molar-refractivity contribution in [3.05, 3.63) is 35.9 Å². The van der Waals surface area contributed by atoms with E-state index in [9.17, 15) is 13.2 Å². The quantitative estimate of drug-likeness (QED) is 0.725. The molecule has 0 saturated heterocycles. The van der Waals surface area contributed by atoms with Crippen molar-refractivity contribution in [3.63, 3.8) is 0 Å². The maximum Gasteiger partial charge on any atom is 0.573 e. The van der Waals surface area contributed by atoms with Crippen molar-refractivity contribution in [2.45, 2.75) is 20.2 Å². The fourth-order valence-corrected chi connectivity index (χ4v) is 1.11. The molecule has 0 amide bonds. The molecule has 0 aliphatic rings. The Hall–Kier alpha value is -1.45. The lowest BCUT2D eigenvalue weighted by Gasteiger charge is -2.10. The first kappa shape index (κ1) is 11.6. The molecule has 0 heterocycles. The second-order valence-electron chi connectivity index (χ2n) is 3.05. The largest absolute Gasteiger partial charge is 0.573 e. The SMILES string of the molecule is C/C=C(\C)c1cccc(OC(F)(F)F)c1. The number of halogens is 3. The summed E-state index contributed by atoms with van der Waals surface area (Å²) >= 11 is 0. The van der Waals surface area contributed by atoms with E-state index < -0.39 is 6.36 Å². The van der Waals surface area contributed by atoms with Gasteiger partial charge in [0, 0.05) is 0 Å². The van der Waals surface area contributed by atoms with Crippen LogP contribution in [0, 0.1) is 0 Å². The monoisotopic (exact) mass is 216 g/mol. The molecule has 0 bridgehead atoms. The van der Waals surface area contributed by atoms with Gasteiger partial charge in [0.15, 0.2) is 0 Å². The molecule has 0 unspecified atom stereocenters. The summed E-state index contributed by atoms with van der Waals surface area (Å²) in [5.41, 5.74) is 1.63. The molecule has 0 aliphatic heterocycles. The van der Waals surface area contributed by atoms with E-state index in [2.05, 4.69) is 4.74 Å². The first-order chi connectivity index (χ1) is 6.92. The molecular formula is C11H11F3O. The smallest absolute Gasteiger partial charge is 0.406 e. The Balaban J connectivity index is 2.93. The highest BCUT2D eigenvalue weighted by Crippen LogP contribution is 2.25. The Morgan fingerprint density at radius 1 is 1.33 bits per heavy atom. The lowest BCUT2D eigenvalue weighted by Crippen LogP contribution is -2.17. The molecule has 0 atom stereocenters. The number of allylic oxidation sites excluding steroid dienone is 2. The van der Waals surface area contributed by atoms with Crippen LogP contribution in [0.3, 0.4) is 0 Å². The molecule has 1 nitrogen and oxygen atoms in total. The van der Waals surface area contributed by atoms with Crippen molar-refractivity contribution in [3.8, 4) is 5.75 Å². The minimum atomic E-state index is -4.64. The molecular weight excluding hydrogens is 205 g/mol. The Morgan fingerprint density at radius 2 is 2.00 bits per heavy atom. The van der Waals surface area contributed by atoms with Gasteiger partial charge >= 0.3 is 6.36 Å². The van der Waals surface area contributed by atoms with E-state index in [0.717, 1.165) is 11.1 Å². The molecule has 0 radical (unpaired) electrons. The van der Waals surface area contributed by atoms with Crippen molar-refractivity contribution in [2.75, 3.05) is 0 Å². The van der Waals surface area contributed by atoms with Gasteiger partial charge in [0.1, 0.15) is 5.75 Å². The number of ether oxygens (including phenoxy) is 1. The standard InChI is InChI=1S/C11H11F3O/c1-3-8(2)9-5-4-6-10(7-9)15-11(12,13)14/h3-7H,1-2H3/b8-3+. The van der Waals surface area contributed by atoms with Crippen LogP contribution < -0.4 is 4.74 Å². The maximum absolute atomic E-state index is 11.9. The summed E-state index contributed by atoms with van der Waals surface area (Å²) in [6, 6.07) is 5.91. The van der Waals surface area contributed by atoms with Crippen LogP contribution in [0.25, 0.3) is 5.57 Å². The highest BCUT2D eigenvalue weighted by Gasteiger charge is 2.31. The van der Waals surface area contributed by atoms with Crippen molar-refractivity contribution in [1.29, 1.82) is 0 Å². The fraction of sp³-hybridized carbons (Fsp3) is 0.273. The average molecular weight is 216 g/mol. The van der Waals surface area contributed by atoms with Gasteiger partial charge in [-0.2, -0.15) is 0 Å². The molecule has 4 heteroatoms. The average Bonchev–Trinajstić information content (AvgIpc) is 2.14. The zero-order chi connectivity index (χ0) is 11.5. The van der Waals surface area contributed by atoms with E-state index >= 15 is 0 Å². The molecule has 0 fully saturated rings. The summed E-state index contributed by atoms with van der Waals surface area (Å²) in [6.07, 6.45) is -2.81. The zero-order valence-electron chi connectivity index (χ0n) is 8.43. The summed E-state index contributed by atoms with van der Waals surface area (Å²) in [5.74, 6) is -0.193. The van der Waals surface area contributed by atoms with E-state index in [-0.39, 0.29) is 5.75 Å². The van der Waals surface area contributed by atoms with Crippen LogP contribution in [0.4, 0.5) is 13.2 Å². The zero-order valence-corrected chi connectivity index (χ0v) is 8.43. The van der Waals surface area contributed by atoms with Crippen molar-refractivity contribution < 1.29 is 17.9 Å². The van der Waals surface area contributed by atoms with Crippen LogP contribution >= 0.6 is 0 Å². The molecule has 82 valence electrons. The third kappa shape index (κ3) is 3.65. The second-order valence-corrected chi connectivity index (χ2v) is 3.05. The lowest BCUT2D eigenvalue weighted by molar-refractivity contribution is -0.274. The van der Waals surface area contributed by atoms with Crippen molar-refractivity contribution >= 4 is 5.57 Å². The number of rotatable bonds is 2. The third-order valence-electron chi connectivity index (χ3n) is 1.96. The van der Waals surface area contributed by atoms with E-state index in [1.54, 1.807) is 6.07 Å². The van der Waals surface area contributed by atoms with E-state index in [1.165, 1.54) is 18.2 Å².